The van der Waals surface area contributed by atoms with Crippen molar-refractivity contribution < 1.29 is 14.6 Å². The highest BCUT2D eigenvalue weighted by atomic mass is 16.5. The van der Waals surface area contributed by atoms with Crippen LogP contribution in [0.3, 0.4) is 0 Å². The van der Waals surface area contributed by atoms with E-state index in [1.165, 1.54) is 19.3 Å². The van der Waals surface area contributed by atoms with Gasteiger partial charge in [0.05, 0.1) is 18.1 Å². The van der Waals surface area contributed by atoms with E-state index in [0.29, 0.717) is 12.0 Å². The van der Waals surface area contributed by atoms with Crippen LogP contribution in [-0.2, 0) is 9.53 Å². The molecule has 4 bridgehead atoms. The summed E-state index contributed by atoms with van der Waals surface area (Å²) >= 11 is 0. The molecule has 120 valence electrons. The number of likely N-dealkylation sites (N-methyl/N-ethyl adjacent to an activating group) is 1. The predicted molar refractivity (Wildman–Crippen MR) is 80.7 cm³/mol. The van der Waals surface area contributed by atoms with Crippen molar-refractivity contribution in [2.24, 2.45) is 22.7 Å². The molecule has 4 rings (SSSR count). The highest BCUT2D eigenvalue weighted by Crippen LogP contribution is 2.65. The maximum Gasteiger partial charge on any atom is 0.228 e. The van der Waals surface area contributed by atoms with Crippen LogP contribution in [0.5, 0.6) is 0 Å². The molecular formula is C17H29NO3. The molecule has 1 amide bonds. The molecule has 4 heteroatoms. The zero-order valence-corrected chi connectivity index (χ0v) is 13.6. The van der Waals surface area contributed by atoms with Crippen LogP contribution in [0.25, 0.3) is 0 Å². The number of rotatable bonds is 5. The molecule has 4 aliphatic rings. The summed E-state index contributed by atoms with van der Waals surface area (Å²) in [5.41, 5.74) is 0.242. The van der Waals surface area contributed by atoms with Gasteiger partial charge in [-0.25, -0.2) is 0 Å². The topological polar surface area (TPSA) is 49.8 Å². The third-order valence-electron chi connectivity index (χ3n) is 6.00. The second-order valence-electron chi connectivity index (χ2n) is 8.35. The largest absolute Gasteiger partial charge is 0.389 e. The molecule has 0 heterocycles. The lowest BCUT2D eigenvalue weighted by molar-refractivity contribution is -0.166. The fourth-order valence-electron chi connectivity index (χ4n) is 6.02. The monoisotopic (exact) mass is 295 g/mol. The lowest BCUT2D eigenvalue weighted by atomic mass is 9.44. The molecule has 3 atom stereocenters. The Labute approximate surface area is 127 Å². The number of methoxy groups -OCH3 is 1. The Bertz CT molecular complexity index is 408. The van der Waals surface area contributed by atoms with E-state index in [4.69, 9.17) is 4.74 Å². The van der Waals surface area contributed by atoms with E-state index in [1.54, 1.807) is 12.0 Å². The Hall–Kier alpha value is -0.610. The first kappa shape index (κ1) is 15.3. The molecule has 0 aromatic rings. The number of aliphatic hydroxyl groups excluding tert-OH is 1. The number of carbonyl (C=O) groups excluding carboxylic acids is 1. The van der Waals surface area contributed by atoms with Crippen molar-refractivity contribution >= 4 is 5.91 Å². The van der Waals surface area contributed by atoms with E-state index in [-0.39, 0.29) is 17.9 Å². The van der Waals surface area contributed by atoms with E-state index in [1.807, 2.05) is 7.05 Å². The lowest BCUT2D eigenvalue weighted by Gasteiger charge is -2.61. The minimum absolute atomic E-state index is 0.139. The van der Waals surface area contributed by atoms with Gasteiger partial charge in [-0.3, -0.25) is 4.79 Å². The summed E-state index contributed by atoms with van der Waals surface area (Å²) in [6, 6.07) is 0. The first-order chi connectivity index (χ1) is 9.86. The average Bonchev–Trinajstić information content (AvgIpc) is 2.34. The van der Waals surface area contributed by atoms with Crippen molar-refractivity contribution in [2.75, 3.05) is 27.3 Å². The van der Waals surface area contributed by atoms with Gasteiger partial charge in [-0.05, 0) is 55.8 Å². The van der Waals surface area contributed by atoms with Gasteiger partial charge in [0, 0.05) is 20.7 Å². The normalized spacial score (nSPS) is 42.1. The Kier molecular flexibility index (Phi) is 3.81. The number of hydrogen-bond donors (Lipinski definition) is 1. The third kappa shape index (κ3) is 2.72. The molecule has 4 aliphatic carbocycles. The highest BCUT2D eigenvalue weighted by Gasteiger charge is 2.59. The van der Waals surface area contributed by atoms with Crippen molar-refractivity contribution in [3.05, 3.63) is 0 Å². The smallest absolute Gasteiger partial charge is 0.228 e. The van der Waals surface area contributed by atoms with Crippen LogP contribution in [0.2, 0.25) is 0 Å². The minimum Gasteiger partial charge on any atom is -0.389 e. The molecule has 0 aromatic carbocycles. The molecule has 21 heavy (non-hydrogen) atoms. The van der Waals surface area contributed by atoms with E-state index in [0.717, 1.165) is 31.1 Å². The van der Waals surface area contributed by atoms with Crippen LogP contribution >= 0.6 is 0 Å². The first-order valence-corrected chi connectivity index (χ1v) is 8.28. The van der Waals surface area contributed by atoms with Crippen molar-refractivity contribution in [3.63, 3.8) is 0 Å². The summed E-state index contributed by atoms with van der Waals surface area (Å²) < 4.78 is 4.96. The average molecular weight is 295 g/mol. The van der Waals surface area contributed by atoms with Crippen LogP contribution in [0.15, 0.2) is 0 Å². The van der Waals surface area contributed by atoms with Crippen LogP contribution in [0.1, 0.15) is 45.4 Å². The van der Waals surface area contributed by atoms with Gasteiger partial charge in [0.1, 0.15) is 0 Å². The second-order valence-corrected chi connectivity index (χ2v) is 8.35. The van der Waals surface area contributed by atoms with Crippen molar-refractivity contribution in [1.29, 1.82) is 0 Å². The highest BCUT2D eigenvalue weighted by molar-refractivity contribution is 5.83. The number of hydrogen-bond acceptors (Lipinski definition) is 3. The van der Waals surface area contributed by atoms with Gasteiger partial charge in [-0.1, -0.05) is 6.92 Å². The number of aliphatic hydroxyl groups is 1. The van der Waals surface area contributed by atoms with Crippen LogP contribution in [-0.4, -0.2) is 49.3 Å². The summed E-state index contributed by atoms with van der Waals surface area (Å²) in [6.45, 7) is 3.04. The molecule has 0 radical (unpaired) electrons. The van der Waals surface area contributed by atoms with Crippen LogP contribution < -0.4 is 0 Å². The van der Waals surface area contributed by atoms with E-state index in [2.05, 4.69) is 6.92 Å². The van der Waals surface area contributed by atoms with E-state index >= 15 is 0 Å². The summed E-state index contributed by atoms with van der Waals surface area (Å²) in [5, 5.41) is 9.88. The molecule has 4 saturated carbocycles. The lowest BCUT2D eigenvalue weighted by Crippen LogP contribution is -2.57. The Balaban J connectivity index is 1.72. The minimum atomic E-state index is -0.589. The van der Waals surface area contributed by atoms with Crippen molar-refractivity contribution in [2.45, 2.75) is 51.6 Å². The summed E-state index contributed by atoms with van der Waals surface area (Å²) in [6.07, 6.45) is 6.57. The SMILES string of the molecule is COCC(O)CN(C)C(=O)C12CC3CC(CC(C)(C3)C1)C2. The third-order valence-corrected chi connectivity index (χ3v) is 6.00. The molecule has 0 aliphatic heterocycles. The fraction of sp³-hybridized carbons (Fsp3) is 0.941. The zero-order chi connectivity index (χ0) is 15.3. The number of carbonyl (C=O) groups is 1. The fourth-order valence-corrected chi connectivity index (χ4v) is 6.02. The van der Waals surface area contributed by atoms with Crippen molar-refractivity contribution in [3.8, 4) is 0 Å². The maximum atomic E-state index is 13.1. The quantitative estimate of drug-likeness (QED) is 0.844. The van der Waals surface area contributed by atoms with E-state index < -0.39 is 6.10 Å². The van der Waals surface area contributed by atoms with Gasteiger partial charge in [0.15, 0.2) is 0 Å². The van der Waals surface area contributed by atoms with Gasteiger partial charge in [0.2, 0.25) is 5.91 Å². The Morgan fingerprint density at radius 1 is 1.33 bits per heavy atom. The summed E-state index contributed by atoms with van der Waals surface area (Å²) in [5.74, 6) is 1.76. The van der Waals surface area contributed by atoms with Crippen LogP contribution in [0.4, 0.5) is 0 Å². The second kappa shape index (κ2) is 5.24. The number of ether oxygens (including phenoxy) is 1. The van der Waals surface area contributed by atoms with Gasteiger partial charge < -0.3 is 14.7 Å². The zero-order valence-electron chi connectivity index (χ0n) is 13.6. The predicted octanol–water partition coefficient (Wildman–Crippen LogP) is 2.06. The summed E-state index contributed by atoms with van der Waals surface area (Å²) in [4.78, 5) is 14.8. The number of nitrogens with zero attached hydrogens (tertiary/aromatic N) is 1. The molecule has 4 fully saturated rings. The maximum absolute atomic E-state index is 13.1. The molecule has 0 spiro atoms. The molecule has 4 nitrogen and oxygen atoms in total. The number of amides is 1. The molecule has 3 unspecified atom stereocenters. The molecular weight excluding hydrogens is 266 g/mol. The Morgan fingerprint density at radius 2 is 1.95 bits per heavy atom. The Morgan fingerprint density at radius 3 is 2.48 bits per heavy atom. The standard InChI is InChI=1S/C17H29NO3/c1-16-5-12-4-13(6-16)8-17(7-12,11-16)15(20)18(2)9-14(19)10-21-3/h12-14,19H,4-11H2,1-3H3. The first-order valence-electron chi connectivity index (χ1n) is 8.28. The van der Waals surface area contributed by atoms with Gasteiger partial charge in [0.25, 0.3) is 0 Å². The van der Waals surface area contributed by atoms with Crippen molar-refractivity contribution in [1.82, 2.24) is 4.90 Å². The van der Waals surface area contributed by atoms with Crippen LogP contribution in [0, 0.1) is 22.7 Å². The van der Waals surface area contributed by atoms with E-state index in [9.17, 15) is 9.90 Å². The molecule has 0 aromatic heterocycles. The van der Waals surface area contributed by atoms with Gasteiger partial charge >= 0.3 is 0 Å². The van der Waals surface area contributed by atoms with Gasteiger partial charge in [-0.15, -0.1) is 0 Å². The summed E-state index contributed by atoms with van der Waals surface area (Å²) in [7, 11) is 3.41. The van der Waals surface area contributed by atoms with Gasteiger partial charge in [-0.2, -0.15) is 0 Å². The molecule has 1 N–H and O–H groups in total. The molecule has 0 saturated heterocycles.